The van der Waals surface area contributed by atoms with E-state index in [1.165, 1.54) is 4.88 Å². The van der Waals surface area contributed by atoms with Gasteiger partial charge in [0, 0.05) is 50.6 Å². The lowest BCUT2D eigenvalue weighted by Gasteiger charge is -2.32. The Morgan fingerprint density at radius 2 is 2.21 bits per heavy atom. The summed E-state index contributed by atoms with van der Waals surface area (Å²) in [5.41, 5.74) is 0. The van der Waals surface area contributed by atoms with Gasteiger partial charge in [-0.15, -0.1) is 11.3 Å². The Kier molecular flexibility index (Phi) is 7.52. The number of piperidine rings is 1. The third-order valence-electron chi connectivity index (χ3n) is 4.40. The number of aliphatic imine (C=N–C) groups is 1. The van der Waals surface area contributed by atoms with Gasteiger partial charge in [-0.05, 0) is 24.3 Å². The molecule has 7 heteroatoms. The SMILES string of the molecule is CN=C(NCC(C)c1cccs1)NC1CCN(CC(=O)NC)CC1. The molecule has 6 nitrogen and oxygen atoms in total. The van der Waals surface area contributed by atoms with E-state index in [2.05, 4.69) is 50.3 Å². The third kappa shape index (κ3) is 5.79. The fraction of sp³-hybridized carbons (Fsp3) is 0.647. The highest BCUT2D eigenvalue weighted by Crippen LogP contribution is 2.19. The molecule has 0 spiro atoms. The molecule has 24 heavy (non-hydrogen) atoms. The zero-order chi connectivity index (χ0) is 17.4. The quantitative estimate of drug-likeness (QED) is 0.533. The van der Waals surface area contributed by atoms with Gasteiger partial charge in [0.1, 0.15) is 0 Å². The van der Waals surface area contributed by atoms with Crippen LogP contribution in [0.3, 0.4) is 0 Å². The van der Waals surface area contributed by atoms with E-state index in [9.17, 15) is 4.79 Å². The summed E-state index contributed by atoms with van der Waals surface area (Å²) in [7, 11) is 3.50. The molecule has 0 bridgehead atoms. The molecule has 0 aliphatic carbocycles. The first-order chi connectivity index (χ1) is 11.6. The molecule has 0 radical (unpaired) electrons. The van der Waals surface area contributed by atoms with Gasteiger partial charge in [-0.2, -0.15) is 0 Å². The lowest BCUT2D eigenvalue weighted by molar-refractivity contribution is -0.122. The van der Waals surface area contributed by atoms with Crippen molar-refractivity contribution >= 4 is 23.2 Å². The maximum atomic E-state index is 11.4. The Bertz CT molecular complexity index is 523. The molecule has 1 aliphatic rings. The van der Waals surface area contributed by atoms with E-state index in [1.54, 1.807) is 18.4 Å². The molecule has 2 rings (SSSR count). The lowest BCUT2D eigenvalue weighted by Crippen LogP contribution is -2.50. The minimum atomic E-state index is 0.0847. The fourth-order valence-corrected chi connectivity index (χ4v) is 3.61. The summed E-state index contributed by atoms with van der Waals surface area (Å²) in [5.74, 6) is 1.42. The second-order valence-corrected chi connectivity index (χ2v) is 7.22. The predicted molar refractivity (Wildman–Crippen MR) is 101 cm³/mol. The number of hydrogen-bond acceptors (Lipinski definition) is 4. The van der Waals surface area contributed by atoms with Gasteiger partial charge in [-0.1, -0.05) is 13.0 Å². The Morgan fingerprint density at radius 1 is 1.46 bits per heavy atom. The summed E-state index contributed by atoms with van der Waals surface area (Å²) < 4.78 is 0. The number of likely N-dealkylation sites (tertiary alicyclic amines) is 1. The molecule has 0 saturated carbocycles. The summed E-state index contributed by atoms with van der Waals surface area (Å²) in [6, 6.07) is 4.68. The van der Waals surface area contributed by atoms with Gasteiger partial charge in [0.05, 0.1) is 6.54 Å². The molecular weight excluding hydrogens is 322 g/mol. The van der Waals surface area contributed by atoms with Crippen LogP contribution in [0.5, 0.6) is 0 Å². The van der Waals surface area contributed by atoms with Crippen LogP contribution < -0.4 is 16.0 Å². The largest absolute Gasteiger partial charge is 0.358 e. The monoisotopic (exact) mass is 351 g/mol. The van der Waals surface area contributed by atoms with Crippen molar-refractivity contribution < 1.29 is 4.79 Å². The fourth-order valence-electron chi connectivity index (χ4n) is 2.83. The molecule has 1 fully saturated rings. The Hall–Kier alpha value is -1.60. The molecule has 0 aromatic carbocycles. The number of carbonyl (C=O) groups is 1. The van der Waals surface area contributed by atoms with E-state index < -0.39 is 0 Å². The van der Waals surface area contributed by atoms with Crippen molar-refractivity contribution in [1.82, 2.24) is 20.9 Å². The van der Waals surface area contributed by atoms with Crippen LogP contribution in [0.25, 0.3) is 0 Å². The standard InChI is InChI=1S/C17H29N5OS/c1-13(15-5-4-10-24-15)11-20-17(19-3)21-14-6-8-22(9-7-14)12-16(23)18-2/h4-5,10,13-14H,6-9,11-12H2,1-3H3,(H,18,23)(H2,19,20,21). The van der Waals surface area contributed by atoms with E-state index in [1.807, 2.05) is 7.05 Å². The van der Waals surface area contributed by atoms with E-state index in [4.69, 9.17) is 0 Å². The van der Waals surface area contributed by atoms with Crippen LogP contribution in [0.2, 0.25) is 0 Å². The molecule has 2 heterocycles. The number of carbonyl (C=O) groups excluding carboxylic acids is 1. The van der Waals surface area contributed by atoms with Gasteiger partial charge in [0.25, 0.3) is 0 Å². The molecule has 1 atom stereocenters. The number of hydrogen-bond donors (Lipinski definition) is 3. The van der Waals surface area contributed by atoms with Crippen LogP contribution in [0.15, 0.2) is 22.5 Å². The molecule has 134 valence electrons. The second kappa shape index (κ2) is 9.64. The number of likely N-dealkylation sites (N-methyl/N-ethyl adjacent to an activating group) is 1. The molecule has 1 unspecified atom stereocenters. The van der Waals surface area contributed by atoms with E-state index in [0.29, 0.717) is 18.5 Å². The number of rotatable bonds is 6. The van der Waals surface area contributed by atoms with Crippen LogP contribution >= 0.6 is 11.3 Å². The Morgan fingerprint density at radius 3 is 2.79 bits per heavy atom. The highest BCUT2D eigenvalue weighted by atomic mass is 32.1. The number of guanidine groups is 1. The predicted octanol–water partition coefficient (Wildman–Crippen LogP) is 1.23. The number of thiophene rings is 1. The Labute approximate surface area is 148 Å². The highest BCUT2D eigenvalue weighted by Gasteiger charge is 2.21. The van der Waals surface area contributed by atoms with Gasteiger partial charge < -0.3 is 16.0 Å². The number of amides is 1. The third-order valence-corrected chi connectivity index (χ3v) is 5.51. The summed E-state index contributed by atoms with van der Waals surface area (Å²) in [5, 5.41) is 11.7. The molecule has 1 aromatic rings. The van der Waals surface area contributed by atoms with Crippen molar-refractivity contribution in [2.45, 2.75) is 31.7 Å². The first-order valence-corrected chi connectivity index (χ1v) is 9.44. The van der Waals surface area contributed by atoms with Crippen LogP contribution in [0.4, 0.5) is 0 Å². The molecule has 1 saturated heterocycles. The van der Waals surface area contributed by atoms with Crippen LogP contribution in [-0.4, -0.2) is 63.1 Å². The van der Waals surface area contributed by atoms with Crippen molar-refractivity contribution in [2.24, 2.45) is 4.99 Å². The van der Waals surface area contributed by atoms with E-state index in [-0.39, 0.29) is 5.91 Å². The maximum Gasteiger partial charge on any atom is 0.233 e. The smallest absolute Gasteiger partial charge is 0.233 e. The average Bonchev–Trinajstić information content (AvgIpc) is 3.14. The molecular formula is C17H29N5OS. The minimum absolute atomic E-state index is 0.0847. The topological polar surface area (TPSA) is 68.8 Å². The number of nitrogens with zero attached hydrogens (tertiary/aromatic N) is 2. The van der Waals surface area contributed by atoms with Gasteiger partial charge >= 0.3 is 0 Å². The van der Waals surface area contributed by atoms with Gasteiger partial charge in [0.2, 0.25) is 5.91 Å². The Balaban J connectivity index is 1.71. The highest BCUT2D eigenvalue weighted by molar-refractivity contribution is 7.10. The van der Waals surface area contributed by atoms with Gasteiger partial charge in [0.15, 0.2) is 5.96 Å². The van der Waals surface area contributed by atoms with Crippen molar-refractivity contribution in [3.8, 4) is 0 Å². The molecule has 3 N–H and O–H groups in total. The van der Waals surface area contributed by atoms with Crippen LogP contribution in [-0.2, 0) is 4.79 Å². The average molecular weight is 352 g/mol. The molecule has 1 amide bonds. The molecule has 1 aliphatic heterocycles. The van der Waals surface area contributed by atoms with Crippen molar-refractivity contribution in [1.29, 1.82) is 0 Å². The van der Waals surface area contributed by atoms with Crippen molar-refractivity contribution in [2.75, 3.05) is 40.3 Å². The summed E-state index contributed by atoms with van der Waals surface area (Å²) in [4.78, 5) is 19.4. The summed E-state index contributed by atoms with van der Waals surface area (Å²) >= 11 is 1.79. The zero-order valence-electron chi connectivity index (χ0n) is 14.8. The van der Waals surface area contributed by atoms with Gasteiger partial charge in [-0.3, -0.25) is 14.7 Å². The van der Waals surface area contributed by atoms with Crippen LogP contribution in [0.1, 0.15) is 30.6 Å². The minimum Gasteiger partial charge on any atom is -0.358 e. The second-order valence-electron chi connectivity index (χ2n) is 6.24. The lowest BCUT2D eigenvalue weighted by atomic mass is 10.1. The van der Waals surface area contributed by atoms with Crippen molar-refractivity contribution in [3.05, 3.63) is 22.4 Å². The van der Waals surface area contributed by atoms with E-state index in [0.717, 1.165) is 38.4 Å². The first kappa shape index (κ1) is 18.7. The van der Waals surface area contributed by atoms with Gasteiger partial charge in [-0.25, -0.2) is 0 Å². The zero-order valence-corrected chi connectivity index (χ0v) is 15.7. The van der Waals surface area contributed by atoms with E-state index >= 15 is 0 Å². The summed E-state index contributed by atoms with van der Waals surface area (Å²) in [6.07, 6.45) is 2.05. The molecule has 1 aromatic heterocycles. The van der Waals surface area contributed by atoms with Crippen LogP contribution in [0, 0.1) is 0 Å². The first-order valence-electron chi connectivity index (χ1n) is 8.56. The normalized spacial score (nSPS) is 18.2. The maximum absolute atomic E-state index is 11.4. The number of nitrogens with one attached hydrogen (secondary N) is 3. The van der Waals surface area contributed by atoms with Crippen molar-refractivity contribution in [3.63, 3.8) is 0 Å². The summed E-state index contributed by atoms with van der Waals surface area (Å²) in [6.45, 7) is 5.47.